The van der Waals surface area contributed by atoms with Gasteiger partial charge in [0.25, 0.3) is 0 Å². The van der Waals surface area contributed by atoms with Crippen molar-refractivity contribution in [1.29, 1.82) is 5.26 Å². The van der Waals surface area contributed by atoms with E-state index in [1.54, 1.807) is 16.8 Å². The molecule has 0 bridgehead atoms. The van der Waals surface area contributed by atoms with Crippen molar-refractivity contribution in [2.45, 2.75) is 24.4 Å². The van der Waals surface area contributed by atoms with Gasteiger partial charge in [-0.25, -0.2) is 9.07 Å². The third-order valence-electron chi connectivity index (χ3n) is 2.81. The second-order valence-corrected chi connectivity index (χ2v) is 5.16. The first-order valence-corrected chi connectivity index (χ1v) is 7.52. The van der Waals surface area contributed by atoms with Crippen LogP contribution < -0.4 is 5.32 Å². The average molecular weight is 306 g/mol. The van der Waals surface area contributed by atoms with Crippen molar-refractivity contribution in [1.82, 2.24) is 25.5 Å². The summed E-state index contributed by atoms with van der Waals surface area (Å²) in [6.07, 6.45) is 0. The maximum Gasteiger partial charge on any atom is 0.209 e. The first-order chi connectivity index (χ1) is 10.3. The fraction of sp³-hybridized carbons (Fsp3) is 0.385. The van der Waals surface area contributed by atoms with E-state index in [9.17, 15) is 4.39 Å². The third-order valence-corrected chi connectivity index (χ3v) is 3.81. The van der Waals surface area contributed by atoms with Gasteiger partial charge in [0.2, 0.25) is 5.16 Å². The van der Waals surface area contributed by atoms with Gasteiger partial charge < -0.3 is 5.32 Å². The van der Waals surface area contributed by atoms with Crippen molar-refractivity contribution in [2.75, 3.05) is 13.1 Å². The van der Waals surface area contributed by atoms with Crippen LogP contribution in [-0.2, 0) is 12.3 Å². The van der Waals surface area contributed by atoms with E-state index < -0.39 is 5.82 Å². The van der Waals surface area contributed by atoms with Gasteiger partial charge in [0.1, 0.15) is 11.9 Å². The monoisotopic (exact) mass is 306 g/mol. The lowest BCUT2D eigenvalue weighted by molar-refractivity contribution is 0.517. The van der Waals surface area contributed by atoms with Crippen molar-refractivity contribution < 1.29 is 4.39 Å². The van der Waals surface area contributed by atoms with Crippen LogP contribution in [0, 0.1) is 17.1 Å². The molecule has 0 spiro atoms. The molecule has 0 unspecified atom stereocenters. The summed E-state index contributed by atoms with van der Waals surface area (Å²) in [6, 6.07) is 6.63. The lowest BCUT2D eigenvalue weighted by Crippen LogP contribution is -2.20. The molecule has 0 aliphatic heterocycles. The zero-order chi connectivity index (χ0) is 15.1. The molecule has 0 fully saturated rings. The number of likely N-dealkylation sites (N-methyl/N-ethyl adjacent to an activating group) is 1. The fourth-order valence-electron chi connectivity index (χ4n) is 1.72. The zero-order valence-electron chi connectivity index (χ0n) is 11.6. The molecule has 1 aromatic carbocycles. The largest absolute Gasteiger partial charge is 0.315 e. The maximum absolute atomic E-state index is 13.9. The van der Waals surface area contributed by atoms with E-state index in [2.05, 4.69) is 20.8 Å². The topological polar surface area (TPSA) is 79.4 Å². The highest BCUT2D eigenvalue weighted by Crippen LogP contribution is 2.22. The smallest absolute Gasteiger partial charge is 0.209 e. The molecule has 1 N–H and O–H groups in total. The minimum Gasteiger partial charge on any atom is -0.315 e. The number of hydrogen-bond acceptors (Lipinski definition) is 6. The van der Waals surface area contributed by atoms with Gasteiger partial charge in [-0.3, -0.25) is 0 Å². The number of tetrazole rings is 1. The van der Waals surface area contributed by atoms with E-state index in [0.29, 0.717) is 23.0 Å². The summed E-state index contributed by atoms with van der Waals surface area (Å²) < 4.78 is 15.6. The van der Waals surface area contributed by atoms with Gasteiger partial charge in [0.15, 0.2) is 0 Å². The quantitative estimate of drug-likeness (QED) is 0.618. The Balaban J connectivity index is 2.01. The Kier molecular flexibility index (Phi) is 5.66. The van der Waals surface area contributed by atoms with Crippen LogP contribution in [0.4, 0.5) is 4.39 Å². The molecular weight excluding hydrogens is 291 g/mol. The van der Waals surface area contributed by atoms with Gasteiger partial charge in [0.05, 0.1) is 12.1 Å². The van der Waals surface area contributed by atoms with Crippen molar-refractivity contribution in [3.8, 4) is 6.07 Å². The summed E-state index contributed by atoms with van der Waals surface area (Å²) in [7, 11) is 0. The van der Waals surface area contributed by atoms with Gasteiger partial charge in [-0.05, 0) is 28.6 Å². The zero-order valence-corrected chi connectivity index (χ0v) is 12.4. The molecule has 2 aromatic rings. The normalized spacial score (nSPS) is 10.5. The van der Waals surface area contributed by atoms with Gasteiger partial charge in [0, 0.05) is 12.3 Å². The molecule has 0 amide bonds. The highest BCUT2D eigenvalue weighted by atomic mass is 32.2. The van der Waals surface area contributed by atoms with E-state index in [1.165, 1.54) is 17.8 Å². The molecule has 0 aliphatic rings. The molecule has 1 heterocycles. The van der Waals surface area contributed by atoms with Crippen LogP contribution in [-0.4, -0.2) is 33.3 Å². The minimum atomic E-state index is -0.473. The van der Waals surface area contributed by atoms with E-state index in [-0.39, 0.29) is 5.56 Å². The summed E-state index contributed by atoms with van der Waals surface area (Å²) in [6.45, 7) is 4.34. The Morgan fingerprint density at radius 3 is 3.10 bits per heavy atom. The van der Waals surface area contributed by atoms with E-state index in [1.807, 2.05) is 13.0 Å². The highest BCUT2D eigenvalue weighted by molar-refractivity contribution is 7.98. The summed E-state index contributed by atoms with van der Waals surface area (Å²) in [5.74, 6) is -0.0951. The SMILES string of the molecule is CCNCCn1nnnc1SCc1cccc(C#N)c1F. The van der Waals surface area contributed by atoms with Gasteiger partial charge in [-0.2, -0.15) is 5.26 Å². The average Bonchev–Trinajstić information content (AvgIpc) is 2.94. The van der Waals surface area contributed by atoms with E-state index in [0.717, 1.165) is 13.1 Å². The summed E-state index contributed by atoms with van der Waals surface area (Å²) in [5.41, 5.74) is 0.528. The second-order valence-electron chi connectivity index (χ2n) is 4.22. The van der Waals surface area contributed by atoms with Gasteiger partial charge >= 0.3 is 0 Å². The molecule has 0 aliphatic carbocycles. The van der Waals surface area contributed by atoms with E-state index >= 15 is 0 Å². The summed E-state index contributed by atoms with van der Waals surface area (Å²) in [4.78, 5) is 0. The summed E-state index contributed by atoms with van der Waals surface area (Å²) in [5, 5.41) is 24.1. The Labute approximate surface area is 126 Å². The number of rotatable bonds is 7. The molecule has 0 atom stereocenters. The molecule has 21 heavy (non-hydrogen) atoms. The first kappa shape index (κ1) is 15.4. The minimum absolute atomic E-state index is 0.0554. The Bertz CT molecular complexity index is 636. The molecule has 110 valence electrons. The first-order valence-electron chi connectivity index (χ1n) is 6.53. The summed E-state index contributed by atoms with van der Waals surface area (Å²) >= 11 is 1.35. The number of benzene rings is 1. The highest BCUT2D eigenvalue weighted by Gasteiger charge is 2.11. The second kappa shape index (κ2) is 7.71. The lowest BCUT2D eigenvalue weighted by Gasteiger charge is -2.06. The predicted molar refractivity (Wildman–Crippen MR) is 77.0 cm³/mol. The molecule has 0 radical (unpaired) electrons. The van der Waals surface area contributed by atoms with Crippen molar-refractivity contribution >= 4 is 11.8 Å². The maximum atomic E-state index is 13.9. The van der Waals surface area contributed by atoms with Crippen LogP contribution in [0.5, 0.6) is 0 Å². The van der Waals surface area contributed by atoms with Crippen molar-refractivity contribution in [3.63, 3.8) is 0 Å². The Hall–Kier alpha value is -1.98. The van der Waals surface area contributed by atoms with Crippen LogP contribution in [0.2, 0.25) is 0 Å². The molecule has 8 heteroatoms. The van der Waals surface area contributed by atoms with Crippen LogP contribution in [0.1, 0.15) is 18.1 Å². The van der Waals surface area contributed by atoms with Gasteiger partial charge in [-0.1, -0.05) is 30.8 Å². The Morgan fingerprint density at radius 2 is 2.33 bits per heavy atom. The number of nitriles is 1. The van der Waals surface area contributed by atoms with Crippen LogP contribution >= 0.6 is 11.8 Å². The molecule has 0 saturated heterocycles. The van der Waals surface area contributed by atoms with Crippen molar-refractivity contribution in [2.24, 2.45) is 0 Å². The van der Waals surface area contributed by atoms with Crippen LogP contribution in [0.15, 0.2) is 23.4 Å². The van der Waals surface area contributed by atoms with E-state index in [4.69, 9.17) is 5.26 Å². The van der Waals surface area contributed by atoms with Crippen molar-refractivity contribution in [3.05, 3.63) is 35.1 Å². The number of halogens is 1. The van der Waals surface area contributed by atoms with Crippen LogP contribution in [0.3, 0.4) is 0 Å². The fourth-order valence-corrected chi connectivity index (χ4v) is 2.60. The number of hydrogen-bond donors (Lipinski definition) is 1. The molecular formula is C13H15FN6S. The third kappa shape index (κ3) is 4.00. The standard InChI is InChI=1S/C13H15FN6S/c1-2-16-6-7-20-13(17-18-19-20)21-9-11-5-3-4-10(8-15)12(11)14/h3-5,16H,2,6-7,9H2,1H3. The molecule has 6 nitrogen and oxygen atoms in total. The lowest BCUT2D eigenvalue weighted by atomic mass is 10.1. The molecule has 0 saturated carbocycles. The molecule has 1 aromatic heterocycles. The number of nitrogens with zero attached hydrogens (tertiary/aromatic N) is 5. The molecule has 2 rings (SSSR count). The number of thioether (sulfide) groups is 1. The Morgan fingerprint density at radius 1 is 1.48 bits per heavy atom. The number of aromatic nitrogens is 4. The van der Waals surface area contributed by atoms with Gasteiger partial charge in [-0.15, -0.1) is 5.10 Å². The van der Waals surface area contributed by atoms with Crippen LogP contribution in [0.25, 0.3) is 0 Å². The number of nitrogens with one attached hydrogen (secondary N) is 1. The predicted octanol–water partition coefficient (Wildman–Crippen LogP) is 1.59.